The lowest BCUT2D eigenvalue weighted by Crippen LogP contribution is -2.34. The quantitative estimate of drug-likeness (QED) is 0.787. The van der Waals surface area contributed by atoms with E-state index in [4.69, 9.17) is 5.73 Å². The summed E-state index contributed by atoms with van der Waals surface area (Å²) in [5.41, 5.74) is 7.37. The normalized spacial score (nSPS) is 23.4. The van der Waals surface area contributed by atoms with Crippen molar-refractivity contribution < 1.29 is 4.79 Å². The molecule has 2 aromatic rings. The highest BCUT2D eigenvalue weighted by atomic mass is 16.1. The Morgan fingerprint density at radius 2 is 2.32 bits per heavy atom. The molecule has 4 N–H and O–H groups in total. The monoisotopic (exact) mass is 258 g/mol. The molecule has 1 fully saturated rings. The number of hydrogen-bond donors (Lipinski definition) is 3. The van der Waals surface area contributed by atoms with Crippen LogP contribution in [0.1, 0.15) is 25.7 Å². The van der Waals surface area contributed by atoms with Crippen molar-refractivity contribution in [3.05, 3.63) is 24.5 Å². The molecule has 3 rings (SSSR count). The standard InChI is InChI=1S/C14H18N4O/c15-13(19)9-2-1-3-10(8-9)18-12-5-7-17-14-11(12)4-6-16-14/h4-7,9-10H,1-3,8H2,(H2,15,19)(H2,16,17,18)/t9-,10-/m0/s1. The van der Waals surface area contributed by atoms with Crippen LogP contribution in [0.2, 0.25) is 0 Å². The molecular weight excluding hydrogens is 240 g/mol. The molecule has 0 spiro atoms. The fourth-order valence-corrected chi connectivity index (χ4v) is 2.89. The summed E-state index contributed by atoms with van der Waals surface area (Å²) in [7, 11) is 0. The van der Waals surface area contributed by atoms with Gasteiger partial charge in [0.1, 0.15) is 5.65 Å². The van der Waals surface area contributed by atoms with Gasteiger partial charge >= 0.3 is 0 Å². The summed E-state index contributed by atoms with van der Waals surface area (Å²) >= 11 is 0. The number of pyridine rings is 1. The Morgan fingerprint density at radius 3 is 3.16 bits per heavy atom. The molecule has 0 saturated heterocycles. The van der Waals surface area contributed by atoms with Crippen LogP contribution in [0.5, 0.6) is 0 Å². The first-order valence-electron chi connectivity index (χ1n) is 6.72. The fourth-order valence-electron chi connectivity index (χ4n) is 2.89. The number of nitrogens with one attached hydrogen (secondary N) is 2. The van der Waals surface area contributed by atoms with Crippen LogP contribution in [-0.2, 0) is 4.79 Å². The highest BCUT2D eigenvalue weighted by Crippen LogP contribution is 2.28. The smallest absolute Gasteiger partial charge is 0.220 e. The third-order valence-electron chi connectivity index (χ3n) is 3.90. The maximum absolute atomic E-state index is 11.3. The van der Waals surface area contributed by atoms with Crippen molar-refractivity contribution in [2.24, 2.45) is 11.7 Å². The van der Waals surface area contributed by atoms with E-state index in [0.29, 0.717) is 6.04 Å². The minimum Gasteiger partial charge on any atom is -0.382 e. The first-order valence-corrected chi connectivity index (χ1v) is 6.72. The number of rotatable bonds is 3. The second-order valence-corrected chi connectivity index (χ2v) is 5.21. The molecule has 0 aliphatic heterocycles. The van der Waals surface area contributed by atoms with Gasteiger partial charge in [0.25, 0.3) is 0 Å². The number of carbonyl (C=O) groups excluding carboxylic acids is 1. The first kappa shape index (κ1) is 12.0. The zero-order chi connectivity index (χ0) is 13.2. The number of aromatic nitrogens is 2. The molecule has 19 heavy (non-hydrogen) atoms. The zero-order valence-corrected chi connectivity index (χ0v) is 10.7. The van der Waals surface area contributed by atoms with Gasteiger partial charge in [0, 0.05) is 35.4 Å². The van der Waals surface area contributed by atoms with Gasteiger partial charge in [0.2, 0.25) is 5.91 Å². The number of aromatic amines is 1. The van der Waals surface area contributed by atoms with Crippen LogP contribution in [0.4, 0.5) is 5.69 Å². The fraction of sp³-hybridized carbons (Fsp3) is 0.429. The van der Waals surface area contributed by atoms with Crippen LogP contribution in [0.3, 0.4) is 0 Å². The number of hydrogen-bond acceptors (Lipinski definition) is 3. The van der Waals surface area contributed by atoms with Crippen molar-refractivity contribution in [3.8, 4) is 0 Å². The molecule has 100 valence electrons. The maximum atomic E-state index is 11.3. The summed E-state index contributed by atoms with van der Waals surface area (Å²) in [6, 6.07) is 4.30. The number of amides is 1. The Bertz CT molecular complexity index is 592. The number of fused-ring (bicyclic) bond motifs is 1. The molecule has 5 nitrogen and oxygen atoms in total. The predicted molar refractivity (Wildman–Crippen MR) is 74.7 cm³/mol. The lowest BCUT2D eigenvalue weighted by atomic mass is 9.85. The van der Waals surface area contributed by atoms with Crippen LogP contribution in [0.25, 0.3) is 11.0 Å². The van der Waals surface area contributed by atoms with E-state index in [0.717, 1.165) is 42.4 Å². The number of primary amides is 1. The van der Waals surface area contributed by atoms with Crippen molar-refractivity contribution in [2.45, 2.75) is 31.7 Å². The molecule has 1 aliphatic rings. The Balaban J connectivity index is 1.77. The third-order valence-corrected chi connectivity index (χ3v) is 3.90. The van der Waals surface area contributed by atoms with E-state index in [1.807, 2.05) is 18.3 Å². The van der Waals surface area contributed by atoms with Crippen molar-refractivity contribution in [2.75, 3.05) is 5.32 Å². The maximum Gasteiger partial charge on any atom is 0.220 e. The third kappa shape index (κ3) is 2.41. The summed E-state index contributed by atoms with van der Waals surface area (Å²) in [6.07, 6.45) is 7.54. The van der Waals surface area contributed by atoms with Gasteiger partial charge in [0.05, 0.1) is 0 Å². The molecular formula is C14H18N4O. The SMILES string of the molecule is NC(=O)[C@H]1CCC[C@H](Nc2ccnc3[nH]ccc23)C1. The average molecular weight is 258 g/mol. The van der Waals surface area contributed by atoms with Crippen molar-refractivity contribution in [1.29, 1.82) is 0 Å². The lowest BCUT2D eigenvalue weighted by molar-refractivity contribution is -0.122. The predicted octanol–water partition coefficient (Wildman–Crippen LogP) is 2.02. The van der Waals surface area contributed by atoms with Gasteiger partial charge in [-0.3, -0.25) is 4.79 Å². The van der Waals surface area contributed by atoms with Crippen LogP contribution in [0.15, 0.2) is 24.5 Å². The van der Waals surface area contributed by atoms with Gasteiger partial charge in [-0.15, -0.1) is 0 Å². The summed E-state index contributed by atoms with van der Waals surface area (Å²) in [4.78, 5) is 18.7. The van der Waals surface area contributed by atoms with E-state index >= 15 is 0 Å². The Kier molecular flexibility index (Phi) is 3.11. The molecule has 2 heterocycles. The van der Waals surface area contributed by atoms with E-state index in [1.165, 1.54) is 0 Å². The summed E-state index contributed by atoms with van der Waals surface area (Å²) in [5.74, 6) is -0.164. The highest BCUT2D eigenvalue weighted by Gasteiger charge is 2.25. The number of nitrogens with zero attached hydrogens (tertiary/aromatic N) is 1. The number of H-pyrrole nitrogens is 1. The Labute approximate surface area is 111 Å². The van der Waals surface area contributed by atoms with Crippen LogP contribution >= 0.6 is 0 Å². The summed E-state index contributed by atoms with van der Waals surface area (Å²) in [5, 5.41) is 4.61. The van der Waals surface area contributed by atoms with Gasteiger partial charge in [0.15, 0.2) is 0 Å². The largest absolute Gasteiger partial charge is 0.382 e. The minimum absolute atomic E-state index is 0.00908. The molecule has 1 amide bonds. The Morgan fingerprint density at radius 1 is 1.42 bits per heavy atom. The zero-order valence-electron chi connectivity index (χ0n) is 10.7. The van der Waals surface area contributed by atoms with Gasteiger partial charge in [-0.2, -0.15) is 0 Å². The van der Waals surface area contributed by atoms with Crippen molar-refractivity contribution in [1.82, 2.24) is 9.97 Å². The highest BCUT2D eigenvalue weighted by molar-refractivity contribution is 5.89. The topological polar surface area (TPSA) is 83.8 Å². The molecule has 5 heteroatoms. The summed E-state index contributed by atoms with van der Waals surface area (Å²) < 4.78 is 0. The second kappa shape index (κ2) is 4.91. The molecule has 1 saturated carbocycles. The number of anilines is 1. The van der Waals surface area contributed by atoms with Crippen molar-refractivity contribution >= 4 is 22.6 Å². The summed E-state index contributed by atoms with van der Waals surface area (Å²) in [6.45, 7) is 0. The van der Waals surface area contributed by atoms with Crippen LogP contribution < -0.4 is 11.1 Å². The van der Waals surface area contributed by atoms with E-state index in [9.17, 15) is 4.79 Å². The van der Waals surface area contributed by atoms with Gasteiger partial charge in [-0.05, 0) is 31.4 Å². The molecule has 2 atom stereocenters. The van der Waals surface area contributed by atoms with Crippen LogP contribution in [-0.4, -0.2) is 21.9 Å². The molecule has 0 unspecified atom stereocenters. The average Bonchev–Trinajstić information content (AvgIpc) is 2.88. The minimum atomic E-state index is -0.173. The van der Waals surface area contributed by atoms with E-state index in [2.05, 4.69) is 15.3 Å². The van der Waals surface area contributed by atoms with Crippen molar-refractivity contribution in [3.63, 3.8) is 0 Å². The molecule has 0 aromatic carbocycles. The van der Waals surface area contributed by atoms with Gasteiger partial charge in [-0.1, -0.05) is 6.42 Å². The van der Waals surface area contributed by atoms with Gasteiger partial charge in [-0.25, -0.2) is 4.98 Å². The molecule has 0 bridgehead atoms. The van der Waals surface area contributed by atoms with E-state index < -0.39 is 0 Å². The number of carbonyl (C=O) groups is 1. The second-order valence-electron chi connectivity index (χ2n) is 5.21. The Hall–Kier alpha value is -2.04. The molecule has 0 radical (unpaired) electrons. The molecule has 2 aromatic heterocycles. The van der Waals surface area contributed by atoms with Crippen LogP contribution in [0, 0.1) is 5.92 Å². The lowest BCUT2D eigenvalue weighted by Gasteiger charge is -2.28. The number of nitrogens with two attached hydrogens (primary N) is 1. The van der Waals surface area contributed by atoms with E-state index in [-0.39, 0.29) is 11.8 Å². The van der Waals surface area contributed by atoms with E-state index in [1.54, 1.807) is 6.20 Å². The van der Waals surface area contributed by atoms with Gasteiger partial charge < -0.3 is 16.0 Å². The molecule has 1 aliphatic carbocycles. The first-order chi connectivity index (χ1) is 9.24.